The topological polar surface area (TPSA) is 50.4 Å². The number of anilines is 1. The summed E-state index contributed by atoms with van der Waals surface area (Å²) in [6, 6.07) is 3.99. The fourth-order valence-corrected chi connectivity index (χ4v) is 1.49. The lowest BCUT2D eigenvalue weighted by molar-refractivity contribution is 0.241. The highest BCUT2D eigenvalue weighted by molar-refractivity contribution is 5.89. The third kappa shape index (κ3) is 5.59. The van der Waals surface area contributed by atoms with Gasteiger partial charge in [0.2, 0.25) is 0 Å². The van der Waals surface area contributed by atoms with Gasteiger partial charge in [-0.05, 0) is 32.4 Å². The normalized spacial score (nSPS) is 10.4. The number of nitrogens with one attached hydrogen (secondary N) is 2. The first-order chi connectivity index (χ1) is 9.02. The van der Waals surface area contributed by atoms with Gasteiger partial charge in [0.15, 0.2) is 0 Å². The quantitative estimate of drug-likeness (QED) is 0.775. The number of urea groups is 1. The van der Waals surface area contributed by atoms with Crippen LogP contribution >= 0.6 is 0 Å². The van der Waals surface area contributed by atoms with Crippen molar-refractivity contribution in [3.05, 3.63) is 24.0 Å². The first-order valence-electron chi connectivity index (χ1n) is 6.54. The van der Waals surface area contributed by atoms with Crippen molar-refractivity contribution in [2.45, 2.75) is 39.7 Å². The van der Waals surface area contributed by atoms with E-state index in [0.717, 1.165) is 12.8 Å². The molecule has 0 bridgehead atoms. The Morgan fingerprint density at radius 3 is 2.74 bits per heavy atom. The highest BCUT2D eigenvalue weighted by atomic mass is 19.1. The van der Waals surface area contributed by atoms with Crippen LogP contribution in [0.1, 0.15) is 33.6 Å². The predicted octanol–water partition coefficient (Wildman–Crippen LogP) is 3.53. The Morgan fingerprint density at radius 2 is 2.16 bits per heavy atom. The summed E-state index contributed by atoms with van der Waals surface area (Å²) in [6.07, 6.45) is 1.88. The van der Waals surface area contributed by atoms with E-state index in [-0.39, 0.29) is 11.8 Å². The number of carbonyl (C=O) groups is 1. The molecule has 0 saturated carbocycles. The maximum Gasteiger partial charge on any atom is 0.319 e. The Bertz CT molecular complexity index is 422. The number of halogens is 1. The van der Waals surface area contributed by atoms with Crippen LogP contribution in [-0.2, 0) is 0 Å². The van der Waals surface area contributed by atoms with Crippen molar-refractivity contribution in [3.63, 3.8) is 0 Å². The molecule has 2 amide bonds. The van der Waals surface area contributed by atoms with Gasteiger partial charge in [-0.1, -0.05) is 13.3 Å². The Labute approximate surface area is 113 Å². The van der Waals surface area contributed by atoms with E-state index in [2.05, 4.69) is 10.6 Å². The molecular weight excluding hydrogens is 247 g/mol. The summed E-state index contributed by atoms with van der Waals surface area (Å²) in [5.41, 5.74) is 0.144. The fraction of sp³-hybridized carbons (Fsp3) is 0.500. The van der Waals surface area contributed by atoms with Crippen molar-refractivity contribution in [1.29, 1.82) is 0 Å². The number of benzene rings is 1. The van der Waals surface area contributed by atoms with E-state index in [9.17, 15) is 9.18 Å². The number of hydrogen-bond donors (Lipinski definition) is 2. The fourth-order valence-electron chi connectivity index (χ4n) is 1.49. The molecule has 0 radical (unpaired) electrons. The molecule has 0 spiro atoms. The van der Waals surface area contributed by atoms with Crippen LogP contribution < -0.4 is 15.4 Å². The number of hydrogen-bond acceptors (Lipinski definition) is 2. The van der Waals surface area contributed by atoms with Crippen LogP contribution in [0.4, 0.5) is 14.9 Å². The van der Waals surface area contributed by atoms with E-state index in [1.165, 1.54) is 12.1 Å². The average Bonchev–Trinajstić information content (AvgIpc) is 2.32. The van der Waals surface area contributed by atoms with Gasteiger partial charge >= 0.3 is 6.03 Å². The SMILES string of the molecule is CCCCNC(=O)Nc1ccc(OC(C)C)cc1F. The summed E-state index contributed by atoms with van der Waals surface area (Å²) in [7, 11) is 0. The lowest BCUT2D eigenvalue weighted by Crippen LogP contribution is -2.29. The molecule has 1 rings (SSSR count). The van der Waals surface area contributed by atoms with Gasteiger partial charge in [-0.25, -0.2) is 9.18 Å². The Morgan fingerprint density at radius 1 is 1.42 bits per heavy atom. The molecule has 2 N–H and O–H groups in total. The summed E-state index contributed by atoms with van der Waals surface area (Å²) in [5.74, 6) is -0.0618. The zero-order valence-corrected chi connectivity index (χ0v) is 11.6. The van der Waals surface area contributed by atoms with Crippen molar-refractivity contribution >= 4 is 11.7 Å². The smallest absolute Gasteiger partial charge is 0.319 e. The molecule has 0 aromatic heterocycles. The molecule has 0 unspecified atom stereocenters. The molecule has 0 fully saturated rings. The molecule has 0 aliphatic heterocycles. The third-order valence-electron chi connectivity index (χ3n) is 2.38. The van der Waals surface area contributed by atoms with E-state index in [1.54, 1.807) is 6.07 Å². The maximum absolute atomic E-state index is 13.7. The minimum Gasteiger partial charge on any atom is -0.491 e. The minimum atomic E-state index is -0.510. The number of amides is 2. The van der Waals surface area contributed by atoms with E-state index in [1.807, 2.05) is 20.8 Å². The Kier molecular flexibility index (Phi) is 6.12. The van der Waals surface area contributed by atoms with Crippen molar-refractivity contribution in [2.75, 3.05) is 11.9 Å². The largest absolute Gasteiger partial charge is 0.491 e. The van der Waals surface area contributed by atoms with Gasteiger partial charge in [-0.15, -0.1) is 0 Å². The van der Waals surface area contributed by atoms with Crippen LogP contribution in [0, 0.1) is 5.82 Å². The predicted molar refractivity (Wildman–Crippen MR) is 74.1 cm³/mol. The average molecular weight is 268 g/mol. The van der Waals surface area contributed by atoms with Gasteiger partial charge in [-0.3, -0.25) is 0 Å². The maximum atomic E-state index is 13.7. The molecule has 0 atom stereocenters. The second-order valence-electron chi connectivity index (χ2n) is 4.54. The highest BCUT2D eigenvalue weighted by Crippen LogP contribution is 2.21. The summed E-state index contributed by atoms with van der Waals surface area (Å²) in [5, 5.41) is 5.13. The first-order valence-corrected chi connectivity index (χ1v) is 6.54. The summed E-state index contributed by atoms with van der Waals surface area (Å²) >= 11 is 0. The van der Waals surface area contributed by atoms with Gasteiger partial charge in [0, 0.05) is 12.6 Å². The molecule has 1 aromatic carbocycles. The summed E-state index contributed by atoms with van der Waals surface area (Å²) in [6.45, 7) is 6.35. The third-order valence-corrected chi connectivity index (χ3v) is 2.38. The van der Waals surface area contributed by atoms with Gasteiger partial charge in [-0.2, -0.15) is 0 Å². The first kappa shape index (κ1) is 15.3. The van der Waals surface area contributed by atoms with Crippen molar-refractivity contribution in [2.24, 2.45) is 0 Å². The Hall–Kier alpha value is -1.78. The summed E-state index contributed by atoms with van der Waals surface area (Å²) in [4.78, 5) is 11.5. The van der Waals surface area contributed by atoms with Crippen LogP contribution in [0.5, 0.6) is 5.75 Å². The van der Waals surface area contributed by atoms with Gasteiger partial charge < -0.3 is 15.4 Å². The molecule has 19 heavy (non-hydrogen) atoms. The second-order valence-corrected chi connectivity index (χ2v) is 4.54. The molecule has 0 heterocycles. The monoisotopic (exact) mass is 268 g/mol. The van der Waals surface area contributed by atoms with Crippen LogP contribution in [0.25, 0.3) is 0 Å². The van der Waals surface area contributed by atoms with Crippen LogP contribution in [0.15, 0.2) is 18.2 Å². The molecular formula is C14H21FN2O2. The van der Waals surface area contributed by atoms with E-state index in [4.69, 9.17) is 4.74 Å². The lowest BCUT2D eigenvalue weighted by Gasteiger charge is -2.12. The standard InChI is InChI=1S/C14H21FN2O2/c1-4-5-8-16-14(18)17-13-7-6-11(9-12(13)15)19-10(2)3/h6-7,9-10H,4-5,8H2,1-3H3,(H2,16,17,18). The Balaban J connectivity index is 2.57. The van der Waals surface area contributed by atoms with Crippen molar-refractivity contribution < 1.29 is 13.9 Å². The van der Waals surface area contributed by atoms with E-state index >= 15 is 0 Å². The minimum absolute atomic E-state index is 0.0180. The molecule has 4 nitrogen and oxygen atoms in total. The second kappa shape index (κ2) is 7.61. The lowest BCUT2D eigenvalue weighted by atomic mass is 10.3. The van der Waals surface area contributed by atoms with Crippen molar-refractivity contribution in [1.82, 2.24) is 5.32 Å². The number of carbonyl (C=O) groups excluding carboxylic acids is 1. The molecule has 0 saturated heterocycles. The zero-order chi connectivity index (χ0) is 14.3. The van der Waals surface area contributed by atoms with Gasteiger partial charge in [0.25, 0.3) is 0 Å². The van der Waals surface area contributed by atoms with E-state index < -0.39 is 11.8 Å². The van der Waals surface area contributed by atoms with Crippen LogP contribution in [0.2, 0.25) is 0 Å². The molecule has 0 aliphatic rings. The van der Waals surface area contributed by atoms with Crippen LogP contribution in [-0.4, -0.2) is 18.7 Å². The molecule has 1 aromatic rings. The van der Waals surface area contributed by atoms with E-state index in [0.29, 0.717) is 12.3 Å². The molecule has 5 heteroatoms. The number of rotatable bonds is 6. The zero-order valence-electron chi connectivity index (χ0n) is 11.6. The van der Waals surface area contributed by atoms with Gasteiger partial charge in [0.1, 0.15) is 11.6 Å². The summed E-state index contributed by atoms with van der Waals surface area (Å²) < 4.78 is 19.1. The molecule has 0 aliphatic carbocycles. The number of unbranched alkanes of at least 4 members (excludes halogenated alkanes) is 1. The molecule has 106 valence electrons. The number of ether oxygens (including phenoxy) is 1. The van der Waals surface area contributed by atoms with Crippen molar-refractivity contribution in [3.8, 4) is 5.75 Å². The van der Waals surface area contributed by atoms with Crippen LogP contribution in [0.3, 0.4) is 0 Å². The highest BCUT2D eigenvalue weighted by Gasteiger charge is 2.08. The van der Waals surface area contributed by atoms with Gasteiger partial charge in [0.05, 0.1) is 11.8 Å².